The van der Waals surface area contributed by atoms with E-state index >= 15 is 0 Å². The van der Waals surface area contributed by atoms with Gasteiger partial charge in [-0.05, 0) is 99.9 Å². The largest absolute Gasteiger partial charge is 0.494 e. The fourth-order valence-electron chi connectivity index (χ4n) is 3.58. The van der Waals surface area contributed by atoms with Crippen LogP contribution in [0, 0.1) is 0 Å². The first-order valence-electron chi connectivity index (χ1n) is 13.0. The maximum Gasteiger partial charge on any atom is 0.119 e. The number of ether oxygens (including phenoxy) is 2. The Morgan fingerprint density at radius 1 is 0.500 bits per heavy atom. The fraction of sp³-hybridized carbons (Fsp3) is 0.571. The Bertz CT molecular complexity index is 722. The number of hydrogen-bond donors (Lipinski definition) is 2. The second-order valence-corrected chi connectivity index (χ2v) is 9.63. The van der Waals surface area contributed by atoms with E-state index in [2.05, 4.69) is 38.4 Å². The van der Waals surface area contributed by atoms with E-state index in [-0.39, 0.29) is 0 Å². The molecule has 0 spiro atoms. The fourth-order valence-corrected chi connectivity index (χ4v) is 3.58. The van der Waals surface area contributed by atoms with Crippen molar-refractivity contribution < 1.29 is 19.3 Å². The van der Waals surface area contributed by atoms with Gasteiger partial charge in [-0.25, -0.2) is 0 Å². The molecule has 188 valence electrons. The van der Waals surface area contributed by atoms with Crippen molar-refractivity contribution in [2.75, 3.05) is 54.5 Å². The van der Waals surface area contributed by atoms with Crippen molar-refractivity contribution in [2.45, 2.75) is 51.4 Å². The van der Waals surface area contributed by atoms with E-state index in [0.717, 1.165) is 48.9 Å². The first-order valence-corrected chi connectivity index (χ1v) is 13.0. The van der Waals surface area contributed by atoms with E-state index in [1.54, 1.807) is 0 Å². The van der Waals surface area contributed by atoms with Crippen molar-refractivity contribution in [3.8, 4) is 11.5 Å². The van der Waals surface area contributed by atoms with E-state index in [1.165, 1.54) is 61.4 Å². The summed E-state index contributed by atoms with van der Waals surface area (Å²) in [7, 11) is 8.81. The third-order valence-electron chi connectivity index (χ3n) is 5.63. The lowest BCUT2D eigenvalue weighted by molar-refractivity contribution is -0.858. The standard InChI is InChI=1S/C28H44N4O2/c1-31(2)21-9-5-7-11-23-33-27-17-13-25(14-18-27)29-30-26-15-19-28(20-16-26)34-24-12-8-6-10-22-32(3)4/h13-20H,5-12,21-24H2,1-4H3/p+2. The Balaban J connectivity index is 1.61. The lowest BCUT2D eigenvalue weighted by Crippen LogP contribution is -3.05. The van der Waals surface area contributed by atoms with Crippen LogP contribution in [0.15, 0.2) is 58.8 Å². The molecule has 0 amide bonds. The molecule has 0 unspecified atom stereocenters. The number of nitrogens with zero attached hydrogens (tertiary/aromatic N) is 2. The summed E-state index contributed by atoms with van der Waals surface area (Å²) in [6.07, 6.45) is 9.77. The number of benzene rings is 2. The SMILES string of the molecule is C[NH+](C)CCCCCCOc1ccc(N=Nc2ccc(OCCCCCC[NH+](C)C)cc2)cc1. The lowest BCUT2D eigenvalue weighted by Gasteiger charge is -2.08. The summed E-state index contributed by atoms with van der Waals surface area (Å²) in [5.74, 6) is 1.77. The van der Waals surface area contributed by atoms with Gasteiger partial charge in [-0.15, -0.1) is 0 Å². The number of rotatable bonds is 18. The van der Waals surface area contributed by atoms with E-state index in [4.69, 9.17) is 9.47 Å². The van der Waals surface area contributed by atoms with Gasteiger partial charge < -0.3 is 19.3 Å². The van der Waals surface area contributed by atoms with Crippen LogP contribution >= 0.6 is 0 Å². The molecule has 0 radical (unpaired) electrons. The number of unbranched alkanes of at least 4 members (excludes halogenated alkanes) is 6. The summed E-state index contributed by atoms with van der Waals surface area (Å²) in [6, 6.07) is 15.6. The van der Waals surface area contributed by atoms with E-state index in [9.17, 15) is 0 Å². The van der Waals surface area contributed by atoms with Crippen LogP contribution in [0.2, 0.25) is 0 Å². The Hall–Kier alpha value is -2.44. The van der Waals surface area contributed by atoms with Crippen LogP contribution in [0.4, 0.5) is 11.4 Å². The Morgan fingerprint density at radius 3 is 1.21 bits per heavy atom. The second kappa shape index (κ2) is 17.1. The molecular formula is C28H46N4O2+2. The molecule has 0 heterocycles. The maximum atomic E-state index is 5.84. The quantitative estimate of drug-likeness (QED) is 0.253. The molecule has 0 fully saturated rings. The van der Waals surface area contributed by atoms with Gasteiger partial charge in [0.1, 0.15) is 11.5 Å². The molecule has 0 aliphatic carbocycles. The van der Waals surface area contributed by atoms with E-state index < -0.39 is 0 Å². The molecule has 0 aromatic heterocycles. The summed E-state index contributed by atoms with van der Waals surface area (Å²) < 4.78 is 11.7. The molecule has 2 aromatic rings. The third kappa shape index (κ3) is 13.3. The molecule has 2 rings (SSSR count). The highest BCUT2D eigenvalue weighted by atomic mass is 16.5. The number of quaternary nitrogens is 2. The molecule has 2 N–H and O–H groups in total. The van der Waals surface area contributed by atoms with Crippen molar-refractivity contribution >= 4 is 11.4 Å². The topological polar surface area (TPSA) is 52.1 Å². The first-order chi connectivity index (χ1) is 16.5. The molecule has 2 aromatic carbocycles. The average Bonchev–Trinajstić information content (AvgIpc) is 2.82. The normalized spacial score (nSPS) is 11.6. The lowest BCUT2D eigenvalue weighted by atomic mass is 10.2. The summed E-state index contributed by atoms with van der Waals surface area (Å²) in [5, 5.41) is 8.67. The summed E-state index contributed by atoms with van der Waals surface area (Å²) in [5.41, 5.74) is 1.63. The zero-order chi connectivity index (χ0) is 24.4. The highest BCUT2D eigenvalue weighted by Gasteiger charge is 1.99. The van der Waals surface area contributed by atoms with Gasteiger partial charge in [-0.2, -0.15) is 10.2 Å². The van der Waals surface area contributed by atoms with Gasteiger partial charge in [-0.3, -0.25) is 0 Å². The Morgan fingerprint density at radius 2 is 0.853 bits per heavy atom. The minimum atomic E-state index is 0.765. The minimum Gasteiger partial charge on any atom is -0.494 e. The molecule has 0 aliphatic rings. The zero-order valence-corrected chi connectivity index (χ0v) is 21.8. The maximum absolute atomic E-state index is 5.84. The van der Waals surface area contributed by atoms with Gasteiger partial charge in [0.05, 0.1) is 65.9 Å². The van der Waals surface area contributed by atoms with Gasteiger partial charge in [0, 0.05) is 0 Å². The predicted molar refractivity (Wildman–Crippen MR) is 140 cm³/mol. The predicted octanol–water partition coefficient (Wildman–Crippen LogP) is 4.27. The third-order valence-corrected chi connectivity index (χ3v) is 5.63. The van der Waals surface area contributed by atoms with Gasteiger partial charge in [-0.1, -0.05) is 0 Å². The van der Waals surface area contributed by atoms with Crippen molar-refractivity contribution in [2.24, 2.45) is 10.2 Å². The van der Waals surface area contributed by atoms with Gasteiger partial charge >= 0.3 is 0 Å². The van der Waals surface area contributed by atoms with Crippen LogP contribution in [0.25, 0.3) is 0 Å². The molecule has 0 bridgehead atoms. The molecule has 6 heteroatoms. The molecule has 34 heavy (non-hydrogen) atoms. The highest BCUT2D eigenvalue weighted by Crippen LogP contribution is 2.23. The monoisotopic (exact) mass is 470 g/mol. The van der Waals surface area contributed by atoms with E-state index in [1.807, 2.05) is 48.5 Å². The smallest absolute Gasteiger partial charge is 0.119 e. The van der Waals surface area contributed by atoms with Crippen LogP contribution in [-0.2, 0) is 0 Å². The molecule has 0 saturated carbocycles. The van der Waals surface area contributed by atoms with Crippen molar-refractivity contribution in [1.82, 2.24) is 0 Å². The number of azo groups is 1. The van der Waals surface area contributed by atoms with Crippen molar-refractivity contribution in [3.05, 3.63) is 48.5 Å². The van der Waals surface area contributed by atoms with Crippen LogP contribution in [0.5, 0.6) is 11.5 Å². The van der Waals surface area contributed by atoms with Gasteiger partial charge in [0.15, 0.2) is 0 Å². The Kier molecular flexibility index (Phi) is 14.0. The molecule has 0 saturated heterocycles. The van der Waals surface area contributed by atoms with Crippen molar-refractivity contribution in [1.29, 1.82) is 0 Å². The van der Waals surface area contributed by atoms with Crippen LogP contribution in [0.1, 0.15) is 51.4 Å². The molecule has 0 atom stereocenters. The van der Waals surface area contributed by atoms with Crippen LogP contribution < -0.4 is 19.3 Å². The zero-order valence-electron chi connectivity index (χ0n) is 21.8. The summed E-state index contributed by atoms with van der Waals surface area (Å²) in [4.78, 5) is 3.04. The Labute approximate surface area is 207 Å². The summed E-state index contributed by atoms with van der Waals surface area (Å²) >= 11 is 0. The molecule has 6 nitrogen and oxygen atoms in total. The highest BCUT2D eigenvalue weighted by molar-refractivity contribution is 5.44. The molecule has 0 aliphatic heterocycles. The van der Waals surface area contributed by atoms with E-state index in [0.29, 0.717) is 0 Å². The number of hydrogen-bond acceptors (Lipinski definition) is 4. The summed E-state index contributed by atoms with van der Waals surface area (Å²) in [6.45, 7) is 4.02. The minimum absolute atomic E-state index is 0.765. The second-order valence-electron chi connectivity index (χ2n) is 9.63. The first kappa shape index (κ1) is 27.8. The van der Waals surface area contributed by atoms with Crippen LogP contribution in [0.3, 0.4) is 0 Å². The number of nitrogens with one attached hydrogen (secondary N) is 2. The molecular weight excluding hydrogens is 424 g/mol. The average molecular weight is 471 g/mol. The van der Waals surface area contributed by atoms with Gasteiger partial charge in [0.25, 0.3) is 0 Å². The van der Waals surface area contributed by atoms with Crippen molar-refractivity contribution in [3.63, 3.8) is 0 Å². The van der Waals surface area contributed by atoms with Crippen LogP contribution in [-0.4, -0.2) is 54.5 Å². The van der Waals surface area contributed by atoms with Gasteiger partial charge in [0.2, 0.25) is 0 Å².